The molecular weight excluding hydrogens is 404 g/mol. The maximum absolute atomic E-state index is 12.7. The molecule has 1 N–H and O–H groups in total. The molecule has 8 heteroatoms. The Morgan fingerprint density at radius 2 is 1.87 bits per heavy atom. The van der Waals surface area contributed by atoms with E-state index >= 15 is 0 Å². The molecule has 0 spiro atoms. The first-order valence-corrected chi connectivity index (χ1v) is 9.39. The summed E-state index contributed by atoms with van der Waals surface area (Å²) in [6.45, 7) is 0. The molecule has 0 aliphatic carbocycles. The number of ether oxygens (including phenoxy) is 2. The van der Waals surface area contributed by atoms with Gasteiger partial charge in [0.05, 0.1) is 18.4 Å². The molecule has 2 aromatic carbocycles. The van der Waals surface area contributed by atoms with Gasteiger partial charge in [0.1, 0.15) is 11.5 Å². The van der Waals surface area contributed by atoms with Crippen molar-refractivity contribution in [1.82, 2.24) is 14.8 Å². The van der Waals surface area contributed by atoms with Crippen molar-refractivity contribution in [2.75, 3.05) is 12.4 Å². The minimum atomic E-state index is -0.337. The summed E-state index contributed by atoms with van der Waals surface area (Å²) in [5.41, 5.74) is 0.834. The zero-order chi connectivity index (χ0) is 20.9. The number of carbonyl (C=O) groups excluding carboxylic acids is 1. The van der Waals surface area contributed by atoms with Gasteiger partial charge in [-0.05, 0) is 60.7 Å². The molecule has 0 radical (unpaired) electrons. The Bertz CT molecular complexity index is 1140. The first-order chi connectivity index (χ1) is 14.6. The van der Waals surface area contributed by atoms with Crippen LogP contribution in [0.1, 0.15) is 10.4 Å². The van der Waals surface area contributed by atoms with E-state index in [2.05, 4.69) is 15.4 Å². The van der Waals surface area contributed by atoms with Crippen LogP contribution in [0.15, 0.2) is 79.3 Å². The number of methoxy groups -OCH3 is 1. The van der Waals surface area contributed by atoms with Gasteiger partial charge in [0.25, 0.3) is 5.91 Å². The summed E-state index contributed by atoms with van der Waals surface area (Å²) >= 11 is 6.12. The quantitative estimate of drug-likeness (QED) is 0.476. The third-order valence-electron chi connectivity index (χ3n) is 4.23. The number of amides is 1. The number of nitrogens with one attached hydrogen (secondary N) is 1. The molecule has 30 heavy (non-hydrogen) atoms. The molecule has 0 fully saturated rings. The highest BCUT2D eigenvalue weighted by Crippen LogP contribution is 2.33. The fraction of sp³-hybridized carbons (Fsp3) is 0.0455. The first-order valence-electron chi connectivity index (χ1n) is 9.01. The zero-order valence-electron chi connectivity index (χ0n) is 15.9. The summed E-state index contributed by atoms with van der Waals surface area (Å²) in [5.74, 6) is 2.05. The molecular formula is C22H17ClN4O3. The van der Waals surface area contributed by atoms with Crippen LogP contribution in [-0.2, 0) is 0 Å². The number of halogens is 1. The van der Waals surface area contributed by atoms with Crippen LogP contribution in [-0.4, -0.2) is 27.8 Å². The van der Waals surface area contributed by atoms with E-state index in [9.17, 15) is 4.79 Å². The minimum Gasteiger partial charge on any atom is -0.497 e. The zero-order valence-corrected chi connectivity index (χ0v) is 16.7. The van der Waals surface area contributed by atoms with Gasteiger partial charge in [-0.15, -0.1) is 0 Å². The lowest BCUT2D eigenvalue weighted by atomic mass is 10.2. The lowest BCUT2D eigenvalue weighted by Gasteiger charge is -2.13. The van der Waals surface area contributed by atoms with Crippen LogP contribution in [0.3, 0.4) is 0 Å². The van der Waals surface area contributed by atoms with Crippen LogP contribution in [0.2, 0.25) is 5.02 Å². The van der Waals surface area contributed by atoms with E-state index in [-0.39, 0.29) is 5.91 Å². The van der Waals surface area contributed by atoms with Crippen molar-refractivity contribution in [3.63, 3.8) is 0 Å². The minimum absolute atomic E-state index is 0.337. The monoisotopic (exact) mass is 420 g/mol. The standard InChI is InChI=1S/C22H17ClN4O3/c1-29-17-5-7-18(8-6-17)30-20-9-4-16(23)13-19(20)26-22(28)15-3-10-21(24-14-15)27-12-2-11-25-27/h2-14H,1H3,(H,26,28). The third kappa shape index (κ3) is 4.42. The van der Waals surface area contributed by atoms with Crippen molar-refractivity contribution < 1.29 is 14.3 Å². The number of hydrogen-bond donors (Lipinski definition) is 1. The largest absolute Gasteiger partial charge is 0.497 e. The third-order valence-corrected chi connectivity index (χ3v) is 4.46. The Morgan fingerprint density at radius 3 is 2.53 bits per heavy atom. The Balaban J connectivity index is 1.53. The molecule has 4 aromatic rings. The number of benzene rings is 2. The van der Waals surface area contributed by atoms with Crippen LogP contribution in [0.25, 0.3) is 5.82 Å². The highest BCUT2D eigenvalue weighted by Gasteiger charge is 2.13. The highest BCUT2D eigenvalue weighted by atomic mass is 35.5. The fourth-order valence-corrected chi connectivity index (χ4v) is 2.89. The molecule has 0 aliphatic rings. The van der Waals surface area contributed by atoms with E-state index < -0.39 is 0 Å². The smallest absolute Gasteiger partial charge is 0.257 e. The molecule has 0 unspecified atom stereocenters. The van der Waals surface area contributed by atoms with Gasteiger partial charge < -0.3 is 14.8 Å². The number of rotatable bonds is 6. The van der Waals surface area contributed by atoms with Gasteiger partial charge in [-0.3, -0.25) is 4.79 Å². The predicted molar refractivity (Wildman–Crippen MR) is 114 cm³/mol. The van der Waals surface area contributed by atoms with Crippen molar-refractivity contribution in [2.24, 2.45) is 0 Å². The second-order valence-corrected chi connectivity index (χ2v) is 6.66. The Kier molecular flexibility index (Phi) is 5.63. The second kappa shape index (κ2) is 8.67. The molecule has 2 aromatic heterocycles. The van der Waals surface area contributed by atoms with E-state index in [4.69, 9.17) is 21.1 Å². The van der Waals surface area contributed by atoms with Gasteiger partial charge in [0.15, 0.2) is 11.6 Å². The lowest BCUT2D eigenvalue weighted by molar-refractivity contribution is 0.102. The number of carbonyl (C=O) groups is 1. The van der Waals surface area contributed by atoms with Gasteiger partial charge in [-0.25, -0.2) is 9.67 Å². The van der Waals surface area contributed by atoms with E-state index in [1.165, 1.54) is 6.20 Å². The lowest BCUT2D eigenvalue weighted by Crippen LogP contribution is -2.13. The molecule has 0 bridgehead atoms. The summed E-state index contributed by atoms with van der Waals surface area (Å²) in [7, 11) is 1.60. The van der Waals surface area contributed by atoms with E-state index in [1.54, 1.807) is 84.8 Å². The summed E-state index contributed by atoms with van der Waals surface area (Å²) in [4.78, 5) is 17.0. The predicted octanol–water partition coefficient (Wildman–Crippen LogP) is 4.97. The molecule has 1 amide bonds. The molecule has 150 valence electrons. The summed E-state index contributed by atoms with van der Waals surface area (Å²) in [6.07, 6.45) is 4.92. The highest BCUT2D eigenvalue weighted by molar-refractivity contribution is 6.31. The van der Waals surface area contributed by atoms with Crippen molar-refractivity contribution in [3.8, 4) is 23.1 Å². The number of anilines is 1. The van der Waals surface area contributed by atoms with Crippen LogP contribution in [0.5, 0.6) is 17.2 Å². The maximum atomic E-state index is 12.7. The SMILES string of the molecule is COc1ccc(Oc2ccc(Cl)cc2NC(=O)c2ccc(-n3cccn3)nc2)cc1. The van der Waals surface area contributed by atoms with Crippen LogP contribution in [0.4, 0.5) is 5.69 Å². The maximum Gasteiger partial charge on any atom is 0.257 e. The van der Waals surface area contributed by atoms with Crippen LogP contribution in [0, 0.1) is 0 Å². The molecule has 0 saturated heterocycles. The van der Waals surface area contributed by atoms with Gasteiger partial charge >= 0.3 is 0 Å². The Hall–Kier alpha value is -3.84. The topological polar surface area (TPSA) is 78.3 Å². The van der Waals surface area contributed by atoms with Crippen molar-refractivity contribution in [1.29, 1.82) is 0 Å². The van der Waals surface area contributed by atoms with Gasteiger partial charge in [0.2, 0.25) is 0 Å². The van der Waals surface area contributed by atoms with Crippen molar-refractivity contribution in [3.05, 3.63) is 89.8 Å². The molecule has 0 aliphatic heterocycles. The normalized spacial score (nSPS) is 10.5. The Labute approximate surface area is 177 Å². The average Bonchev–Trinajstić information content (AvgIpc) is 3.31. The van der Waals surface area contributed by atoms with Gasteiger partial charge in [-0.1, -0.05) is 11.6 Å². The number of pyridine rings is 1. The van der Waals surface area contributed by atoms with E-state index in [1.807, 2.05) is 0 Å². The van der Waals surface area contributed by atoms with Crippen LogP contribution >= 0.6 is 11.6 Å². The number of hydrogen-bond acceptors (Lipinski definition) is 5. The molecule has 0 atom stereocenters. The molecule has 4 rings (SSSR count). The molecule has 2 heterocycles. The molecule has 7 nitrogen and oxygen atoms in total. The van der Waals surface area contributed by atoms with E-state index in [0.29, 0.717) is 33.6 Å². The van der Waals surface area contributed by atoms with E-state index in [0.717, 1.165) is 5.75 Å². The average molecular weight is 421 g/mol. The van der Waals surface area contributed by atoms with Gasteiger partial charge in [-0.2, -0.15) is 5.10 Å². The fourth-order valence-electron chi connectivity index (χ4n) is 2.71. The van der Waals surface area contributed by atoms with Crippen molar-refractivity contribution >= 4 is 23.2 Å². The number of nitrogens with zero attached hydrogens (tertiary/aromatic N) is 3. The number of aromatic nitrogens is 3. The summed E-state index contributed by atoms with van der Waals surface area (Å²) in [6, 6.07) is 17.3. The second-order valence-electron chi connectivity index (χ2n) is 6.23. The first kappa shape index (κ1) is 19.5. The van der Waals surface area contributed by atoms with Crippen LogP contribution < -0.4 is 14.8 Å². The molecule has 0 saturated carbocycles. The summed E-state index contributed by atoms with van der Waals surface area (Å²) in [5, 5.41) is 7.42. The Morgan fingerprint density at radius 1 is 1.07 bits per heavy atom. The summed E-state index contributed by atoms with van der Waals surface area (Å²) < 4.78 is 12.7. The van der Waals surface area contributed by atoms with Crippen molar-refractivity contribution in [2.45, 2.75) is 0 Å². The van der Waals surface area contributed by atoms with Gasteiger partial charge in [0, 0.05) is 23.6 Å².